The molecular weight excluding hydrogens is 271 g/mol. The van der Waals surface area contributed by atoms with Gasteiger partial charge in [-0.2, -0.15) is 0 Å². The molecule has 1 saturated heterocycles. The maximum Gasteiger partial charge on any atom is 0.241 e. The van der Waals surface area contributed by atoms with Crippen LogP contribution in [0, 0.1) is 5.92 Å². The van der Waals surface area contributed by atoms with E-state index in [1.54, 1.807) is 18.2 Å². The molecule has 5 heteroatoms. The summed E-state index contributed by atoms with van der Waals surface area (Å²) in [5, 5.41) is 7.01. The molecule has 1 amide bonds. The summed E-state index contributed by atoms with van der Waals surface area (Å²) in [6.45, 7) is 3.06. The Morgan fingerprint density at radius 2 is 2.17 bits per heavy atom. The van der Waals surface area contributed by atoms with Crippen molar-refractivity contribution in [2.24, 2.45) is 5.92 Å². The third-order valence-corrected chi connectivity index (χ3v) is 3.91. The van der Waals surface area contributed by atoms with Crippen LogP contribution in [0.5, 0.6) is 0 Å². The summed E-state index contributed by atoms with van der Waals surface area (Å²) in [7, 11) is 0. The lowest BCUT2D eigenvalue weighted by Crippen LogP contribution is -2.45. The number of hydrogen-bond donors (Lipinski definition) is 2. The highest BCUT2D eigenvalue weighted by molar-refractivity contribution is 6.42. The molecule has 2 rings (SSSR count). The Morgan fingerprint density at radius 3 is 2.83 bits per heavy atom. The maximum atomic E-state index is 12.1. The third-order valence-electron chi connectivity index (χ3n) is 3.17. The standard InChI is InChI=1S/C13H16Cl2N2O/c1-8-4-5-16-12(6-8)13(18)17-9-2-3-10(14)11(15)7-9/h2-3,7-8,12,16H,4-6H2,1H3,(H,17,18). The predicted octanol–water partition coefficient (Wildman–Crippen LogP) is 3.32. The highest BCUT2D eigenvalue weighted by atomic mass is 35.5. The molecule has 0 bridgehead atoms. The Hall–Kier alpha value is -0.770. The summed E-state index contributed by atoms with van der Waals surface area (Å²) in [5.41, 5.74) is 0.675. The second kappa shape index (κ2) is 5.91. The lowest BCUT2D eigenvalue weighted by atomic mass is 9.94. The molecule has 2 atom stereocenters. The fourth-order valence-electron chi connectivity index (χ4n) is 2.11. The van der Waals surface area contributed by atoms with Crippen molar-refractivity contribution in [3.8, 4) is 0 Å². The summed E-state index contributed by atoms with van der Waals surface area (Å²) in [5.74, 6) is 0.566. The zero-order valence-corrected chi connectivity index (χ0v) is 11.7. The largest absolute Gasteiger partial charge is 0.325 e. The monoisotopic (exact) mass is 286 g/mol. The van der Waals surface area contributed by atoms with Crippen LogP contribution in [-0.2, 0) is 4.79 Å². The third kappa shape index (κ3) is 3.37. The molecule has 18 heavy (non-hydrogen) atoms. The molecule has 1 fully saturated rings. The van der Waals surface area contributed by atoms with Crippen LogP contribution in [-0.4, -0.2) is 18.5 Å². The Kier molecular flexibility index (Phi) is 4.49. The number of rotatable bonds is 2. The van der Waals surface area contributed by atoms with E-state index in [1.165, 1.54) is 0 Å². The number of benzene rings is 1. The van der Waals surface area contributed by atoms with E-state index in [1.807, 2.05) is 0 Å². The van der Waals surface area contributed by atoms with Crippen LogP contribution >= 0.6 is 23.2 Å². The molecule has 1 aliphatic heterocycles. The zero-order valence-electron chi connectivity index (χ0n) is 10.2. The second-order valence-corrected chi connectivity index (χ2v) is 5.57. The molecule has 0 spiro atoms. The van der Waals surface area contributed by atoms with Gasteiger partial charge in [0.25, 0.3) is 0 Å². The molecule has 98 valence electrons. The van der Waals surface area contributed by atoms with Crippen molar-refractivity contribution in [2.75, 3.05) is 11.9 Å². The first-order chi connectivity index (χ1) is 8.56. The van der Waals surface area contributed by atoms with Gasteiger partial charge in [0.1, 0.15) is 0 Å². The second-order valence-electron chi connectivity index (χ2n) is 4.75. The van der Waals surface area contributed by atoms with Crippen molar-refractivity contribution >= 4 is 34.8 Å². The van der Waals surface area contributed by atoms with Crippen molar-refractivity contribution in [1.29, 1.82) is 0 Å². The molecule has 1 aromatic rings. The van der Waals surface area contributed by atoms with Crippen molar-refractivity contribution in [3.63, 3.8) is 0 Å². The van der Waals surface area contributed by atoms with E-state index in [-0.39, 0.29) is 11.9 Å². The van der Waals surface area contributed by atoms with Gasteiger partial charge in [0.05, 0.1) is 16.1 Å². The van der Waals surface area contributed by atoms with Crippen LogP contribution in [0.3, 0.4) is 0 Å². The molecule has 0 aliphatic carbocycles. The average molecular weight is 287 g/mol. The van der Waals surface area contributed by atoms with Gasteiger partial charge in [-0.25, -0.2) is 0 Å². The topological polar surface area (TPSA) is 41.1 Å². The quantitative estimate of drug-likeness (QED) is 0.876. The predicted molar refractivity (Wildman–Crippen MR) is 75.3 cm³/mol. The molecule has 1 heterocycles. The Labute approximate surface area is 117 Å². The van der Waals surface area contributed by atoms with Crippen LogP contribution < -0.4 is 10.6 Å². The maximum absolute atomic E-state index is 12.1. The first-order valence-corrected chi connectivity index (χ1v) is 6.81. The number of hydrogen-bond acceptors (Lipinski definition) is 2. The highest BCUT2D eigenvalue weighted by Gasteiger charge is 2.24. The minimum atomic E-state index is -0.122. The fraction of sp³-hybridized carbons (Fsp3) is 0.462. The van der Waals surface area contributed by atoms with Gasteiger partial charge in [-0.15, -0.1) is 0 Å². The molecule has 1 aromatic carbocycles. The van der Waals surface area contributed by atoms with Gasteiger partial charge in [-0.3, -0.25) is 4.79 Å². The first-order valence-electron chi connectivity index (χ1n) is 6.05. The summed E-state index contributed by atoms with van der Waals surface area (Å²) >= 11 is 11.7. The zero-order chi connectivity index (χ0) is 13.1. The Bertz CT molecular complexity index is 451. The average Bonchev–Trinajstić information content (AvgIpc) is 2.34. The Balaban J connectivity index is 2.00. The summed E-state index contributed by atoms with van der Waals surface area (Å²) < 4.78 is 0. The summed E-state index contributed by atoms with van der Waals surface area (Å²) in [6, 6.07) is 4.96. The summed E-state index contributed by atoms with van der Waals surface area (Å²) in [6.07, 6.45) is 1.99. The smallest absolute Gasteiger partial charge is 0.241 e. The molecule has 0 saturated carbocycles. The van der Waals surface area contributed by atoms with Gasteiger partial charge in [0, 0.05) is 5.69 Å². The minimum Gasteiger partial charge on any atom is -0.325 e. The van der Waals surface area contributed by atoms with Gasteiger partial charge in [-0.1, -0.05) is 30.1 Å². The van der Waals surface area contributed by atoms with Gasteiger partial charge < -0.3 is 10.6 Å². The van der Waals surface area contributed by atoms with Gasteiger partial charge in [0.15, 0.2) is 0 Å². The lowest BCUT2D eigenvalue weighted by Gasteiger charge is -2.27. The number of carbonyl (C=O) groups excluding carboxylic acids is 1. The van der Waals surface area contributed by atoms with Gasteiger partial charge >= 0.3 is 0 Å². The van der Waals surface area contributed by atoms with E-state index in [2.05, 4.69) is 17.6 Å². The molecule has 2 unspecified atom stereocenters. The van der Waals surface area contributed by atoms with E-state index in [0.29, 0.717) is 21.7 Å². The van der Waals surface area contributed by atoms with Crippen LogP contribution in [0.25, 0.3) is 0 Å². The van der Waals surface area contributed by atoms with Crippen molar-refractivity contribution in [2.45, 2.75) is 25.8 Å². The SMILES string of the molecule is CC1CCNC(C(=O)Nc2ccc(Cl)c(Cl)c2)C1. The number of halogens is 2. The number of piperidine rings is 1. The normalized spacial score (nSPS) is 23.7. The van der Waals surface area contributed by atoms with Gasteiger partial charge in [0.2, 0.25) is 5.91 Å². The van der Waals surface area contributed by atoms with Crippen molar-refractivity contribution < 1.29 is 4.79 Å². The van der Waals surface area contributed by atoms with Gasteiger partial charge in [-0.05, 0) is 43.5 Å². The number of anilines is 1. The van der Waals surface area contributed by atoms with E-state index in [9.17, 15) is 4.79 Å². The minimum absolute atomic E-state index is 0.0139. The van der Waals surface area contributed by atoms with Crippen LogP contribution in [0.15, 0.2) is 18.2 Å². The molecular formula is C13H16Cl2N2O. The lowest BCUT2D eigenvalue weighted by molar-refractivity contribution is -0.119. The molecule has 0 aromatic heterocycles. The molecule has 2 N–H and O–H groups in total. The van der Waals surface area contributed by atoms with E-state index < -0.39 is 0 Å². The van der Waals surface area contributed by atoms with Crippen LogP contribution in [0.1, 0.15) is 19.8 Å². The Morgan fingerprint density at radius 1 is 1.39 bits per heavy atom. The first kappa shape index (κ1) is 13.7. The van der Waals surface area contributed by atoms with E-state index in [0.717, 1.165) is 19.4 Å². The van der Waals surface area contributed by atoms with E-state index in [4.69, 9.17) is 23.2 Å². The summed E-state index contributed by atoms with van der Waals surface area (Å²) in [4.78, 5) is 12.1. The van der Waals surface area contributed by atoms with E-state index >= 15 is 0 Å². The molecule has 1 aliphatic rings. The molecule has 3 nitrogen and oxygen atoms in total. The van der Waals surface area contributed by atoms with Crippen molar-refractivity contribution in [1.82, 2.24) is 5.32 Å². The number of nitrogens with one attached hydrogen (secondary N) is 2. The fourth-order valence-corrected chi connectivity index (χ4v) is 2.41. The van der Waals surface area contributed by atoms with Crippen molar-refractivity contribution in [3.05, 3.63) is 28.2 Å². The number of carbonyl (C=O) groups is 1. The highest BCUT2D eigenvalue weighted by Crippen LogP contribution is 2.25. The van der Waals surface area contributed by atoms with Crippen LogP contribution in [0.2, 0.25) is 10.0 Å². The molecule has 0 radical (unpaired) electrons. The van der Waals surface area contributed by atoms with Crippen LogP contribution in [0.4, 0.5) is 5.69 Å². The number of amides is 1.